The van der Waals surface area contributed by atoms with Gasteiger partial charge in [0.15, 0.2) is 0 Å². The van der Waals surface area contributed by atoms with E-state index in [0.717, 1.165) is 18.5 Å². The van der Waals surface area contributed by atoms with Gasteiger partial charge in [-0.3, -0.25) is 0 Å². The van der Waals surface area contributed by atoms with Crippen LogP contribution in [0.25, 0.3) is 0 Å². The van der Waals surface area contributed by atoms with E-state index in [1.807, 2.05) is 0 Å². The molecule has 2 N–H and O–H groups in total. The molecule has 1 atom stereocenters. The number of hydrogen-bond acceptors (Lipinski definition) is 1. The summed E-state index contributed by atoms with van der Waals surface area (Å²) in [7, 11) is 0. The summed E-state index contributed by atoms with van der Waals surface area (Å²) in [5.74, 6) is 0.555. The van der Waals surface area contributed by atoms with Crippen LogP contribution >= 0.6 is 0 Å². The molecule has 0 aromatic carbocycles. The highest BCUT2D eigenvalue weighted by Crippen LogP contribution is 2.11. The lowest BCUT2D eigenvalue weighted by atomic mass is 10.0. The van der Waals surface area contributed by atoms with Crippen molar-refractivity contribution >= 4 is 0 Å². The molecule has 0 amide bonds. The summed E-state index contributed by atoms with van der Waals surface area (Å²) in [4.78, 5) is 0. The van der Waals surface area contributed by atoms with E-state index in [9.17, 15) is 0 Å². The van der Waals surface area contributed by atoms with E-state index in [1.165, 1.54) is 5.57 Å². The highest BCUT2D eigenvalue weighted by Gasteiger charge is 1.99. The van der Waals surface area contributed by atoms with E-state index in [1.54, 1.807) is 6.08 Å². The highest BCUT2D eigenvalue weighted by atomic mass is 14.5. The van der Waals surface area contributed by atoms with Crippen molar-refractivity contribution in [2.24, 2.45) is 11.7 Å². The summed E-state index contributed by atoms with van der Waals surface area (Å²) < 4.78 is 0. The lowest BCUT2D eigenvalue weighted by molar-refractivity contribution is 0.589. The molecule has 0 radical (unpaired) electrons. The van der Waals surface area contributed by atoms with E-state index < -0.39 is 0 Å². The Labute approximate surface area is 75.7 Å². The number of hydrogen-bond donors (Lipinski definition) is 1. The first-order valence-electron chi connectivity index (χ1n) is 4.28. The molecule has 0 saturated heterocycles. The lowest BCUT2D eigenvalue weighted by Crippen LogP contribution is -2.10. The van der Waals surface area contributed by atoms with Crippen LogP contribution in [0, 0.1) is 5.92 Å². The molecule has 0 aliphatic heterocycles. The third-order valence-electron chi connectivity index (χ3n) is 1.77. The predicted octanol–water partition coefficient (Wildman–Crippen LogP) is 2.66. The average Bonchev–Trinajstić information content (AvgIpc) is 2.03. The Kier molecular flexibility index (Phi) is 5.39. The molecule has 0 aliphatic carbocycles. The third kappa shape index (κ3) is 4.91. The molecule has 0 aliphatic rings. The minimum atomic E-state index is 0.555. The van der Waals surface area contributed by atoms with E-state index in [4.69, 9.17) is 5.73 Å². The van der Waals surface area contributed by atoms with Gasteiger partial charge in [-0.25, -0.2) is 0 Å². The Bertz CT molecular complexity index is 189. The molecule has 0 aromatic heterocycles. The molecule has 12 heavy (non-hydrogen) atoms. The van der Waals surface area contributed by atoms with Crippen molar-refractivity contribution in [3.8, 4) is 0 Å². The molecule has 0 bridgehead atoms. The van der Waals surface area contributed by atoms with Gasteiger partial charge in [0.2, 0.25) is 0 Å². The second-order valence-corrected chi connectivity index (χ2v) is 3.31. The predicted molar refractivity (Wildman–Crippen MR) is 55.9 cm³/mol. The van der Waals surface area contributed by atoms with Crippen LogP contribution in [0.15, 0.2) is 36.5 Å². The maximum atomic E-state index is 5.51. The summed E-state index contributed by atoms with van der Waals surface area (Å²) >= 11 is 0. The van der Waals surface area contributed by atoms with Crippen LogP contribution < -0.4 is 5.73 Å². The molecule has 0 spiro atoms. The van der Waals surface area contributed by atoms with Crippen LogP contribution in [0.1, 0.15) is 20.3 Å². The van der Waals surface area contributed by atoms with Gasteiger partial charge in [-0.2, -0.15) is 0 Å². The second kappa shape index (κ2) is 5.78. The van der Waals surface area contributed by atoms with Crippen molar-refractivity contribution in [3.05, 3.63) is 36.5 Å². The van der Waals surface area contributed by atoms with Gasteiger partial charge in [-0.1, -0.05) is 37.8 Å². The summed E-state index contributed by atoms with van der Waals surface area (Å²) in [6.45, 7) is 12.5. The van der Waals surface area contributed by atoms with Crippen molar-refractivity contribution in [2.75, 3.05) is 6.54 Å². The van der Waals surface area contributed by atoms with Crippen LogP contribution in [0.5, 0.6) is 0 Å². The zero-order valence-corrected chi connectivity index (χ0v) is 8.14. The Morgan fingerprint density at radius 3 is 2.58 bits per heavy atom. The normalized spacial score (nSPS) is 14.1. The molecule has 1 heteroatoms. The standard InChI is InChI=1S/C11H19N/c1-5-9(2)6-10(3)7-11(4)8-12/h5-6,11H,1-2,7-8,12H2,3-4H3/b10-6+. The topological polar surface area (TPSA) is 26.0 Å². The number of nitrogens with two attached hydrogens (primary N) is 1. The SMILES string of the molecule is C=CC(=C)/C=C(\C)CC(C)CN. The smallest absolute Gasteiger partial charge is 0.00484 e. The maximum Gasteiger partial charge on any atom is -0.00484 e. The maximum absolute atomic E-state index is 5.51. The Morgan fingerprint density at radius 2 is 2.17 bits per heavy atom. The molecule has 0 aromatic rings. The van der Waals surface area contributed by atoms with Crippen molar-refractivity contribution in [2.45, 2.75) is 20.3 Å². The van der Waals surface area contributed by atoms with Gasteiger partial charge in [0.1, 0.15) is 0 Å². The van der Waals surface area contributed by atoms with Gasteiger partial charge in [0.05, 0.1) is 0 Å². The molecule has 1 nitrogen and oxygen atoms in total. The lowest BCUT2D eigenvalue weighted by Gasteiger charge is -2.07. The quantitative estimate of drug-likeness (QED) is 0.623. The first kappa shape index (κ1) is 11.2. The van der Waals surface area contributed by atoms with Crippen LogP contribution in [0.3, 0.4) is 0 Å². The van der Waals surface area contributed by atoms with Crippen molar-refractivity contribution < 1.29 is 0 Å². The molecular formula is C11H19N. The van der Waals surface area contributed by atoms with E-state index in [-0.39, 0.29) is 0 Å². The summed E-state index contributed by atoms with van der Waals surface area (Å²) in [6.07, 6.45) is 4.86. The molecule has 1 unspecified atom stereocenters. The van der Waals surface area contributed by atoms with Crippen molar-refractivity contribution in [3.63, 3.8) is 0 Å². The van der Waals surface area contributed by atoms with E-state index in [2.05, 4.69) is 33.1 Å². The zero-order chi connectivity index (χ0) is 9.56. The Morgan fingerprint density at radius 1 is 1.58 bits per heavy atom. The Balaban J connectivity index is 4.01. The first-order chi connectivity index (χ1) is 5.60. The molecule has 0 saturated carbocycles. The number of allylic oxidation sites excluding steroid dienone is 4. The highest BCUT2D eigenvalue weighted by molar-refractivity contribution is 5.28. The van der Waals surface area contributed by atoms with Gasteiger partial charge in [0, 0.05) is 0 Å². The minimum Gasteiger partial charge on any atom is -0.330 e. The first-order valence-corrected chi connectivity index (χ1v) is 4.28. The van der Waals surface area contributed by atoms with E-state index in [0.29, 0.717) is 5.92 Å². The van der Waals surface area contributed by atoms with Gasteiger partial charge >= 0.3 is 0 Å². The van der Waals surface area contributed by atoms with Gasteiger partial charge in [-0.05, 0) is 31.4 Å². The number of rotatable bonds is 5. The monoisotopic (exact) mass is 165 g/mol. The summed E-state index contributed by atoms with van der Waals surface area (Å²) in [5, 5.41) is 0. The Hall–Kier alpha value is -0.820. The zero-order valence-electron chi connectivity index (χ0n) is 8.14. The molecule has 0 fully saturated rings. The molecular weight excluding hydrogens is 146 g/mol. The third-order valence-corrected chi connectivity index (χ3v) is 1.77. The van der Waals surface area contributed by atoms with Crippen molar-refractivity contribution in [1.82, 2.24) is 0 Å². The fourth-order valence-corrected chi connectivity index (χ4v) is 1.07. The molecule has 0 heterocycles. The van der Waals surface area contributed by atoms with Crippen LogP contribution in [0.2, 0.25) is 0 Å². The van der Waals surface area contributed by atoms with Gasteiger partial charge in [0.25, 0.3) is 0 Å². The summed E-state index contributed by atoms with van der Waals surface area (Å²) in [6, 6.07) is 0. The average molecular weight is 165 g/mol. The molecule has 68 valence electrons. The fourth-order valence-electron chi connectivity index (χ4n) is 1.07. The van der Waals surface area contributed by atoms with E-state index >= 15 is 0 Å². The second-order valence-electron chi connectivity index (χ2n) is 3.31. The summed E-state index contributed by atoms with van der Waals surface area (Å²) in [5.41, 5.74) is 7.80. The minimum absolute atomic E-state index is 0.555. The van der Waals surface area contributed by atoms with Crippen molar-refractivity contribution in [1.29, 1.82) is 0 Å². The van der Waals surface area contributed by atoms with Gasteiger partial charge < -0.3 is 5.73 Å². The van der Waals surface area contributed by atoms with Crippen LogP contribution in [-0.2, 0) is 0 Å². The molecule has 0 rings (SSSR count). The van der Waals surface area contributed by atoms with Crippen LogP contribution in [0.4, 0.5) is 0 Å². The largest absolute Gasteiger partial charge is 0.330 e. The fraction of sp³-hybridized carbons (Fsp3) is 0.455. The van der Waals surface area contributed by atoms with Crippen LogP contribution in [-0.4, -0.2) is 6.54 Å². The van der Waals surface area contributed by atoms with Gasteiger partial charge in [-0.15, -0.1) is 0 Å².